The summed E-state index contributed by atoms with van der Waals surface area (Å²) in [5, 5.41) is 3.68. The first-order valence-corrected chi connectivity index (χ1v) is 17.1. The van der Waals surface area contributed by atoms with Crippen LogP contribution in [0, 0.1) is 13.8 Å². The van der Waals surface area contributed by atoms with Crippen LogP contribution in [0.2, 0.25) is 10.0 Å². The zero-order valence-electron chi connectivity index (χ0n) is 26.6. The molecule has 0 aromatic heterocycles. The third-order valence-corrected chi connectivity index (χ3v) is 10.1. The molecule has 0 aliphatic rings. The molecule has 0 fully saturated rings. The first kappa shape index (κ1) is 35.0. The molecule has 0 saturated carbocycles. The molecule has 0 saturated heterocycles. The number of benzene rings is 4. The average Bonchev–Trinajstić information content (AvgIpc) is 3.01. The summed E-state index contributed by atoms with van der Waals surface area (Å²) in [7, 11) is -4.19. The number of hydrogen-bond donors (Lipinski definition) is 1. The summed E-state index contributed by atoms with van der Waals surface area (Å²) in [4.78, 5) is 30.1. The summed E-state index contributed by atoms with van der Waals surface area (Å²) in [6, 6.07) is 26.8. The van der Waals surface area contributed by atoms with Crippen LogP contribution >= 0.6 is 23.2 Å². The smallest absolute Gasteiger partial charge is 0.264 e. The van der Waals surface area contributed by atoms with Crippen molar-refractivity contribution < 1.29 is 18.0 Å². The number of nitrogens with zero attached hydrogens (tertiary/aromatic N) is 2. The molecule has 1 atom stereocenters. The first-order valence-electron chi connectivity index (χ1n) is 14.9. The van der Waals surface area contributed by atoms with Crippen molar-refractivity contribution in [3.8, 4) is 0 Å². The van der Waals surface area contributed by atoms with Crippen LogP contribution in [0.15, 0.2) is 102 Å². The SMILES string of the molecule is Cc1cccc(N(CC(=O)N(Cc2ccc(Cl)c(Cl)c2)C(Cc2ccccc2)C(=O)NC(C)(C)C)S(=O)(=O)c2ccccc2)c1C. The van der Waals surface area contributed by atoms with E-state index >= 15 is 0 Å². The van der Waals surface area contributed by atoms with E-state index in [-0.39, 0.29) is 23.8 Å². The second kappa shape index (κ2) is 14.7. The van der Waals surface area contributed by atoms with Gasteiger partial charge in [-0.3, -0.25) is 13.9 Å². The average molecular weight is 681 g/mol. The number of sulfonamides is 1. The van der Waals surface area contributed by atoms with Crippen LogP contribution in [0.1, 0.15) is 43.0 Å². The minimum Gasteiger partial charge on any atom is -0.350 e. The zero-order valence-corrected chi connectivity index (χ0v) is 29.0. The van der Waals surface area contributed by atoms with Gasteiger partial charge in [0.1, 0.15) is 12.6 Å². The van der Waals surface area contributed by atoms with Gasteiger partial charge in [-0.2, -0.15) is 0 Å². The van der Waals surface area contributed by atoms with Crippen molar-refractivity contribution in [2.24, 2.45) is 0 Å². The third kappa shape index (κ3) is 8.69. The lowest BCUT2D eigenvalue weighted by Crippen LogP contribution is -2.56. The van der Waals surface area contributed by atoms with Gasteiger partial charge < -0.3 is 10.2 Å². The highest BCUT2D eigenvalue weighted by molar-refractivity contribution is 7.92. The van der Waals surface area contributed by atoms with Gasteiger partial charge in [0.25, 0.3) is 10.0 Å². The molecule has 0 aliphatic heterocycles. The van der Waals surface area contributed by atoms with Crippen LogP contribution in [-0.2, 0) is 32.6 Å². The molecule has 0 radical (unpaired) electrons. The maximum absolute atomic E-state index is 14.6. The number of halogens is 2. The van der Waals surface area contributed by atoms with Gasteiger partial charge >= 0.3 is 0 Å². The maximum Gasteiger partial charge on any atom is 0.264 e. The van der Waals surface area contributed by atoms with Crippen LogP contribution in [0.5, 0.6) is 0 Å². The lowest BCUT2D eigenvalue weighted by molar-refractivity contribution is -0.140. The Kier molecular flexibility index (Phi) is 11.2. The molecule has 4 rings (SSSR count). The minimum absolute atomic E-state index is 0.0171. The Hall–Kier alpha value is -3.85. The predicted octanol–water partition coefficient (Wildman–Crippen LogP) is 7.36. The quantitative estimate of drug-likeness (QED) is 0.179. The van der Waals surface area contributed by atoms with Crippen molar-refractivity contribution in [3.63, 3.8) is 0 Å². The summed E-state index contributed by atoms with van der Waals surface area (Å²) < 4.78 is 29.6. The first-order chi connectivity index (χ1) is 21.7. The number of carbonyl (C=O) groups excluding carboxylic acids is 2. The zero-order chi connectivity index (χ0) is 33.6. The molecule has 242 valence electrons. The van der Waals surface area contributed by atoms with E-state index in [0.29, 0.717) is 21.3 Å². The molecule has 4 aromatic carbocycles. The van der Waals surface area contributed by atoms with Gasteiger partial charge in [-0.05, 0) is 87.2 Å². The highest BCUT2D eigenvalue weighted by Crippen LogP contribution is 2.30. The Morgan fingerprint density at radius 2 is 1.43 bits per heavy atom. The summed E-state index contributed by atoms with van der Waals surface area (Å²) >= 11 is 12.6. The molecule has 0 spiro atoms. The van der Waals surface area contributed by atoms with Crippen LogP contribution in [0.3, 0.4) is 0 Å². The summed E-state index contributed by atoms with van der Waals surface area (Å²) in [5.41, 5.74) is 2.85. The van der Waals surface area contributed by atoms with E-state index in [4.69, 9.17) is 23.2 Å². The van der Waals surface area contributed by atoms with E-state index in [1.165, 1.54) is 17.0 Å². The van der Waals surface area contributed by atoms with Crippen molar-refractivity contribution in [2.45, 2.75) is 64.1 Å². The Morgan fingerprint density at radius 1 is 0.804 bits per heavy atom. The highest BCUT2D eigenvalue weighted by Gasteiger charge is 2.36. The normalized spacial score (nSPS) is 12.3. The molecular formula is C36H39Cl2N3O4S. The second-order valence-corrected chi connectivity index (χ2v) is 14.9. The fraction of sp³-hybridized carbons (Fsp3) is 0.278. The fourth-order valence-electron chi connectivity index (χ4n) is 5.08. The number of hydrogen-bond acceptors (Lipinski definition) is 4. The summed E-state index contributed by atoms with van der Waals surface area (Å²) in [5.74, 6) is -0.926. The molecule has 0 bridgehead atoms. The third-order valence-electron chi connectivity index (χ3n) is 7.56. The molecule has 1 N–H and O–H groups in total. The van der Waals surface area contributed by atoms with Crippen molar-refractivity contribution in [3.05, 3.63) is 129 Å². The van der Waals surface area contributed by atoms with Crippen LogP contribution < -0.4 is 9.62 Å². The molecule has 46 heavy (non-hydrogen) atoms. The van der Waals surface area contributed by atoms with Crippen molar-refractivity contribution in [2.75, 3.05) is 10.8 Å². The van der Waals surface area contributed by atoms with Gasteiger partial charge in [-0.25, -0.2) is 8.42 Å². The van der Waals surface area contributed by atoms with Crippen molar-refractivity contribution in [1.29, 1.82) is 0 Å². The molecular weight excluding hydrogens is 641 g/mol. The van der Waals surface area contributed by atoms with E-state index in [1.807, 2.05) is 71.0 Å². The van der Waals surface area contributed by atoms with Gasteiger partial charge in [-0.1, -0.05) is 89.9 Å². The van der Waals surface area contributed by atoms with Gasteiger partial charge in [-0.15, -0.1) is 0 Å². The fourth-order valence-corrected chi connectivity index (χ4v) is 6.89. The molecule has 2 amide bonds. The monoisotopic (exact) mass is 679 g/mol. The van der Waals surface area contributed by atoms with Crippen molar-refractivity contribution >= 4 is 50.7 Å². The number of anilines is 1. The lowest BCUT2D eigenvalue weighted by Gasteiger charge is -2.35. The van der Waals surface area contributed by atoms with Crippen molar-refractivity contribution in [1.82, 2.24) is 10.2 Å². The van der Waals surface area contributed by atoms with E-state index in [0.717, 1.165) is 21.0 Å². The molecule has 4 aromatic rings. The Balaban J connectivity index is 1.86. The standard InChI is InChI=1S/C36H39Cl2N3O4S/c1-25-13-12-18-32(26(25)2)41(46(44,45)29-16-10-7-11-17-29)24-34(42)40(23-28-19-20-30(37)31(38)21-28)33(35(43)39-36(3,4)5)22-27-14-8-6-9-15-27/h6-21,33H,22-24H2,1-5H3,(H,39,43). The molecule has 0 aliphatic carbocycles. The van der Waals surface area contributed by atoms with Gasteiger partial charge in [0, 0.05) is 18.5 Å². The summed E-state index contributed by atoms with van der Waals surface area (Å²) in [6.45, 7) is 8.75. The minimum atomic E-state index is -4.19. The van der Waals surface area contributed by atoms with Crippen LogP contribution in [-0.4, -0.2) is 43.3 Å². The van der Waals surface area contributed by atoms with E-state index in [2.05, 4.69) is 5.32 Å². The number of carbonyl (C=O) groups is 2. The molecule has 7 nitrogen and oxygen atoms in total. The Bertz CT molecular complexity index is 1790. The molecule has 10 heteroatoms. The Morgan fingerprint density at radius 3 is 2.04 bits per heavy atom. The van der Waals surface area contributed by atoms with Crippen LogP contribution in [0.4, 0.5) is 5.69 Å². The van der Waals surface area contributed by atoms with E-state index < -0.39 is 34.1 Å². The number of rotatable bonds is 11. The molecule has 1 unspecified atom stereocenters. The van der Waals surface area contributed by atoms with Gasteiger partial charge in [0.15, 0.2) is 0 Å². The van der Waals surface area contributed by atoms with Gasteiger partial charge in [0.2, 0.25) is 11.8 Å². The maximum atomic E-state index is 14.6. The topological polar surface area (TPSA) is 86.8 Å². The lowest BCUT2D eigenvalue weighted by atomic mass is 10.0. The van der Waals surface area contributed by atoms with Gasteiger partial charge in [0.05, 0.1) is 20.6 Å². The largest absolute Gasteiger partial charge is 0.350 e. The predicted molar refractivity (Wildman–Crippen MR) is 186 cm³/mol. The molecule has 0 heterocycles. The summed E-state index contributed by atoms with van der Waals surface area (Å²) in [6.07, 6.45) is 0.199. The second-order valence-electron chi connectivity index (χ2n) is 12.3. The Labute approximate surface area is 282 Å². The highest BCUT2D eigenvalue weighted by atomic mass is 35.5. The number of amides is 2. The van der Waals surface area contributed by atoms with E-state index in [9.17, 15) is 18.0 Å². The number of aryl methyl sites for hydroxylation is 1. The number of nitrogens with one attached hydrogen (secondary N) is 1. The van der Waals surface area contributed by atoms with E-state index in [1.54, 1.807) is 48.5 Å². The van der Waals surface area contributed by atoms with Crippen LogP contribution in [0.25, 0.3) is 0 Å².